The van der Waals surface area contributed by atoms with E-state index in [-0.39, 0.29) is 18.5 Å². The van der Waals surface area contributed by atoms with Crippen molar-refractivity contribution in [3.63, 3.8) is 0 Å². The SMILES string of the molecule is CC(O)CN1C(=O)NC2(CCNCC2)C1=O. The Morgan fingerprint density at radius 1 is 1.44 bits per heavy atom. The van der Waals surface area contributed by atoms with Gasteiger partial charge >= 0.3 is 6.03 Å². The molecule has 6 heteroatoms. The fourth-order valence-electron chi connectivity index (χ4n) is 2.30. The molecule has 3 N–H and O–H groups in total. The molecule has 0 aromatic carbocycles. The summed E-state index contributed by atoms with van der Waals surface area (Å²) in [4.78, 5) is 24.9. The summed E-state index contributed by atoms with van der Waals surface area (Å²) in [6.45, 7) is 3.09. The molecule has 0 saturated carbocycles. The van der Waals surface area contributed by atoms with Gasteiger partial charge in [0.2, 0.25) is 0 Å². The van der Waals surface area contributed by atoms with Crippen molar-refractivity contribution in [3.05, 3.63) is 0 Å². The Labute approximate surface area is 94.0 Å². The number of hydrogen-bond acceptors (Lipinski definition) is 4. The lowest BCUT2D eigenvalue weighted by Gasteiger charge is -2.31. The molecule has 0 aliphatic carbocycles. The van der Waals surface area contributed by atoms with Crippen molar-refractivity contribution in [1.82, 2.24) is 15.5 Å². The summed E-state index contributed by atoms with van der Waals surface area (Å²) in [5, 5.41) is 15.2. The van der Waals surface area contributed by atoms with Crippen LogP contribution in [-0.4, -0.2) is 53.2 Å². The standard InChI is InChI=1S/C10H17N3O3/c1-7(14)6-13-8(15)10(12-9(13)16)2-4-11-5-3-10/h7,11,14H,2-6H2,1H3,(H,12,16). The van der Waals surface area contributed by atoms with E-state index < -0.39 is 11.6 Å². The molecule has 3 amide bonds. The highest BCUT2D eigenvalue weighted by Gasteiger charge is 2.51. The number of nitrogens with zero attached hydrogens (tertiary/aromatic N) is 1. The van der Waals surface area contributed by atoms with Crippen LogP contribution < -0.4 is 10.6 Å². The second kappa shape index (κ2) is 4.03. The Balaban J connectivity index is 2.14. The third-order valence-electron chi connectivity index (χ3n) is 3.15. The minimum Gasteiger partial charge on any atom is -0.392 e. The molecule has 16 heavy (non-hydrogen) atoms. The number of amides is 3. The van der Waals surface area contributed by atoms with Crippen molar-refractivity contribution >= 4 is 11.9 Å². The molecule has 0 bridgehead atoms. The third kappa shape index (κ3) is 1.78. The van der Waals surface area contributed by atoms with Gasteiger partial charge in [0, 0.05) is 0 Å². The van der Waals surface area contributed by atoms with Crippen molar-refractivity contribution in [3.8, 4) is 0 Å². The summed E-state index contributed by atoms with van der Waals surface area (Å²) < 4.78 is 0. The number of urea groups is 1. The van der Waals surface area contributed by atoms with E-state index in [1.165, 1.54) is 0 Å². The van der Waals surface area contributed by atoms with Gasteiger partial charge in [-0.3, -0.25) is 9.69 Å². The number of rotatable bonds is 2. The van der Waals surface area contributed by atoms with Gasteiger partial charge in [0.25, 0.3) is 5.91 Å². The highest BCUT2D eigenvalue weighted by atomic mass is 16.3. The predicted octanol–water partition coefficient (Wildman–Crippen LogP) is -0.959. The number of piperidine rings is 1. The fraction of sp³-hybridized carbons (Fsp3) is 0.800. The summed E-state index contributed by atoms with van der Waals surface area (Å²) in [5.74, 6) is -0.195. The first-order valence-corrected chi connectivity index (χ1v) is 5.58. The number of nitrogens with one attached hydrogen (secondary N) is 2. The molecule has 2 aliphatic heterocycles. The van der Waals surface area contributed by atoms with Crippen LogP contribution in [0.5, 0.6) is 0 Å². The van der Waals surface area contributed by atoms with Crippen molar-refractivity contribution in [1.29, 1.82) is 0 Å². The van der Waals surface area contributed by atoms with Gasteiger partial charge in [0.1, 0.15) is 5.54 Å². The molecule has 0 radical (unpaired) electrons. The van der Waals surface area contributed by atoms with Gasteiger partial charge in [-0.25, -0.2) is 4.79 Å². The average molecular weight is 227 g/mol. The monoisotopic (exact) mass is 227 g/mol. The van der Waals surface area contributed by atoms with Gasteiger partial charge in [0.15, 0.2) is 0 Å². The van der Waals surface area contributed by atoms with E-state index in [0.717, 1.165) is 18.0 Å². The molecule has 1 unspecified atom stereocenters. The zero-order chi connectivity index (χ0) is 11.8. The maximum absolute atomic E-state index is 12.1. The van der Waals surface area contributed by atoms with Gasteiger partial charge in [-0.15, -0.1) is 0 Å². The first-order chi connectivity index (χ1) is 7.55. The molecule has 0 aromatic heterocycles. The van der Waals surface area contributed by atoms with Crippen molar-refractivity contribution in [2.75, 3.05) is 19.6 Å². The third-order valence-corrected chi connectivity index (χ3v) is 3.15. The van der Waals surface area contributed by atoms with Crippen LogP contribution in [0.3, 0.4) is 0 Å². The molecule has 0 aromatic rings. The zero-order valence-corrected chi connectivity index (χ0v) is 9.32. The fourth-order valence-corrected chi connectivity index (χ4v) is 2.30. The average Bonchev–Trinajstić information content (AvgIpc) is 2.44. The molecule has 2 heterocycles. The van der Waals surface area contributed by atoms with Gasteiger partial charge in [0.05, 0.1) is 12.6 Å². The minimum absolute atomic E-state index is 0.0693. The van der Waals surface area contributed by atoms with Crippen LogP contribution in [0.25, 0.3) is 0 Å². The zero-order valence-electron chi connectivity index (χ0n) is 9.32. The van der Waals surface area contributed by atoms with Gasteiger partial charge < -0.3 is 15.7 Å². The summed E-state index contributed by atoms with van der Waals surface area (Å²) in [7, 11) is 0. The van der Waals surface area contributed by atoms with E-state index in [9.17, 15) is 14.7 Å². The van der Waals surface area contributed by atoms with E-state index >= 15 is 0 Å². The van der Waals surface area contributed by atoms with Gasteiger partial charge in [-0.2, -0.15) is 0 Å². The largest absolute Gasteiger partial charge is 0.392 e. The molecule has 90 valence electrons. The normalized spacial score (nSPS) is 26.0. The van der Waals surface area contributed by atoms with E-state index in [1.807, 2.05) is 0 Å². The number of carbonyl (C=O) groups is 2. The highest BCUT2D eigenvalue weighted by Crippen LogP contribution is 2.26. The lowest BCUT2D eigenvalue weighted by molar-refractivity contribution is -0.133. The molecule has 2 fully saturated rings. The minimum atomic E-state index is -0.725. The van der Waals surface area contributed by atoms with Crippen molar-refractivity contribution in [2.24, 2.45) is 0 Å². The maximum Gasteiger partial charge on any atom is 0.325 e. The second-order valence-corrected chi connectivity index (χ2v) is 4.53. The maximum atomic E-state index is 12.1. The topological polar surface area (TPSA) is 81.7 Å². The first kappa shape index (κ1) is 11.3. The van der Waals surface area contributed by atoms with Crippen LogP contribution in [-0.2, 0) is 4.79 Å². The number of aliphatic hydroxyl groups is 1. The first-order valence-electron chi connectivity index (χ1n) is 5.58. The molecule has 1 spiro atoms. The lowest BCUT2D eigenvalue weighted by atomic mass is 9.88. The van der Waals surface area contributed by atoms with Gasteiger partial charge in [-0.1, -0.05) is 0 Å². The van der Waals surface area contributed by atoms with Crippen molar-refractivity contribution in [2.45, 2.75) is 31.4 Å². The molecular formula is C10H17N3O3. The highest BCUT2D eigenvalue weighted by molar-refractivity contribution is 6.07. The van der Waals surface area contributed by atoms with Crippen LogP contribution in [0.4, 0.5) is 4.79 Å². The lowest BCUT2D eigenvalue weighted by Crippen LogP contribution is -2.54. The van der Waals surface area contributed by atoms with Crippen molar-refractivity contribution < 1.29 is 14.7 Å². The Morgan fingerprint density at radius 3 is 2.62 bits per heavy atom. The smallest absolute Gasteiger partial charge is 0.325 e. The summed E-state index contributed by atoms with van der Waals surface area (Å²) in [6.07, 6.45) is 0.549. The van der Waals surface area contributed by atoms with E-state index in [1.54, 1.807) is 6.92 Å². The van der Waals surface area contributed by atoms with E-state index in [2.05, 4.69) is 10.6 Å². The van der Waals surface area contributed by atoms with Crippen LogP contribution in [0.1, 0.15) is 19.8 Å². The molecule has 1 atom stereocenters. The molecule has 6 nitrogen and oxygen atoms in total. The van der Waals surface area contributed by atoms with Crippen LogP contribution in [0.2, 0.25) is 0 Å². The molecule has 2 saturated heterocycles. The number of aliphatic hydroxyl groups excluding tert-OH is 1. The summed E-state index contributed by atoms with van der Waals surface area (Å²) in [5.41, 5.74) is -0.725. The number of hydrogen-bond donors (Lipinski definition) is 3. The second-order valence-electron chi connectivity index (χ2n) is 4.53. The number of β-amino-alcohol motifs (C(OH)–C–C–N with tert-alkyl or cyclic N) is 1. The summed E-state index contributed by atoms with van der Waals surface area (Å²) >= 11 is 0. The van der Waals surface area contributed by atoms with Crippen LogP contribution >= 0.6 is 0 Å². The Kier molecular flexibility index (Phi) is 2.86. The number of imide groups is 1. The molecule has 2 aliphatic rings. The van der Waals surface area contributed by atoms with E-state index in [0.29, 0.717) is 12.8 Å². The summed E-state index contributed by atoms with van der Waals surface area (Å²) in [6, 6.07) is -0.382. The quantitative estimate of drug-likeness (QED) is 0.531. The molecule has 2 rings (SSSR count). The van der Waals surface area contributed by atoms with Gasteiger partial charge in [-0.05, 0) is 32.9 Å². The Hall–Kier alpha value is -1.14. The Morgan fingerprint density at radius 2 is 2.06 bits per heavy atom. The predicted molar refractivity (Wildman–Crippen MR) is 56.8 cm³/mol. The molecular weight excluding hydrogens is 210 g/mol. The number of carbonyl (C=O) groups excluding carboxylic acids is 2. The van der Waals surface area contributed by atoms with Crippen LogP contribution in [0, 0.1) is 0 Å². The van der Waals surface area contributed by atoms with E-state index in [4.69, 9.17) is 0 Å². The van der Waals surface area contributed by atoms with Crippen LogP contribution in [0.15, 0.2) is 0 Å². The Bertz CT molecular complexity index is 310.